The van der Waals surface area contributed by atoms with Crippen molar-refractivity contribution in [1.29, 1.82) is 0 Å². The van der Waals surface area contributed by atoms with Crippen molar-refractivity contribution in [1.82, 2.24) is 19.7 Å². The summed E-state index contributed by atoms with van der Waals surface area (Å²) >= 11 is 1.75. The van der Waals surface area contributed by atoms with E-state index in [0.29, 0.717) is 0 Å². The summed E-state index contributed by atoms with van der Waals surface area (Å²) in [5.41, 5.74) is 6.16. The maximum Gasteiger partial charge on any atom is 0.191 e. The zero-order valence-electron chi connectivity index (χ0n) is 17.4. The number of rotatable bonds is 6. The van der Waals surface area contributed by atoms with Crippen LogP contribution in [0.3, 0.4) is 0 Å². The Morgan fingerprint density at radius 1 is 1.17 bits per heavy atom. The lowest BCUT2D eigenvalue weighted by Crippen LogP contribution is -2.16. The zero-order valence-corrected chi connectivity index (χ0v) is 18.2. The third-order valence-electron chi connectivity index (χ3n) is 5.82. The van der Waals surface area contributed by atoms with E-state index in [1.54, 1.807) is 11.8 Å². The fourth-order valence-corrected chi connectivity index (χ4v) is 5.12. The predicted octanol–water partition coefficient (Wildman–Crippen LogP) is 5.51. The van der Waals surface area contributed by atoms with Crippen LogP contribution >= 0.6 is 11.8 Å². The highest BCUT2D eigenvalue weighted by Gasteiger charge is 2.23. The molecule has 5 rings (SSSR count). The first-order valence-electron chi connectivity index (χ1n) is 10.5. The molecule has 1 aliphatic heterocycles. The number of benzene rings is 2. The predicted molar refractivity (Wildman–Crippen MR) is 122 cm³/mol. The van der Waals surface area contributed by atoms with E-state index in [-0.39, 0.29) is 6.10 Å². The Balaban J connectivity index is 1.50. The maximum atomic E-state index is 5.95. The van der Waals surface area contributed by atoms with Gasteiger partial charge in [-0.15, -0.1) is 10.2 Å². The van der Waals surface area contributed by atoms with E-state index in [4.69, 9.17) is 4.74 Å². The normalized spacial score (nSPS) is 16.5. The summed E-state index contributed by atoms with van der Waals surface area (Å²) in [7, 11) is 0. The standard InChI is InChI=1S/C24H26N4OS/c1-16-9-10-17(2)18(12-16)15-30-24-27-26-23(28(24)14-19-6-5-11-29-19)21-13-25-22-8-4-3-7-20(21)22/h3-4,7-10,12-13,19,25H,5-6,11,14-15H2,1-2H3. The molecule has 1 N–H and O–H groups in total. The van der Waals surface area contributed by atoms with Gasteiger partial charge in [0.1, 0.15) is 0 Å². The highest BCUT2D eigenvalue weighted by molar-refractivity contribution is 7.98. The van der Waals surface area contributed by atoms with Gasteiger partial charge in [0.25, 0.3) is 0 Å². The molecule has 0 radical (unpaired) electrons. The van der Waals surface area contributed by atoms with Crippen LogP contribution in [0.25, 0.3) is 22.3 Å². The van der Waals surface area contributed by atoms with Gasteiger partial charge in [0, 0.05) is 35.0 Å². The molecule has 30 heavy (non-hydrogen) atoms. The fraction of sp³-hybridized carbons (Fsp3) is 0.333. The lowest BCUT2D eigenvalue weighted by atomic mass is 10.1. The SMILES string of the molecule is Cc1ccc(C)c(CSc2nnc(-c3c[nH]c4ccccc34)n2CC2CCCO2)c1. The molecule has 3 heterocycles. The molecule has 2 aromatic heterocycles. The van der Waals surface area contributed by atoms with Crippen molar-refractivity contribution in [2.75, 3.05) is 6.61 Å². The number of fused-ring (bicyclic) bond motifs is 1. The summed E-state index contributed by atoms with van der Waals surface area (Å²) in [5.74, 6) is 1.79. The van der Waals surface area contributed by atoms with Gasteiger partial charge in [-0.3, -0.25) is 4.57 Å². The highest BCUT2D eigenvalue weighted by Crippen LogP contribution is 2.32. The van der Waals surface area contributed by atoms with Crippen LogP contribution in [0.2, 0.25) is 0 Å². The van der Waals surface area contributed by atoms with Gasteiger partial charge in [-0.1, -0.05) is 53.7 Å². The monoisotopic (exact) mass is 418 g/mol. The number of para-hydroxylation sites is 1. The second-order valence-electron chi connectivity index (χ2n) is 8.02. The lowest BCUT2D eigenvalue weighted by Gasteiger charge is -2.15. The molecule has 1 atom stereocenters. The summed E-state index contributed by atoms with van der Waals surface area (Å²) in [6.45, 7) is 5.95. The fourth-order valence-electron chi connectivity index (χ4n) is 4.11. The van der Waals surface area contributed by atoms with Gasteiger partial charge in [-0.05, 0) is 43.9 Å². The first kappa shape index (κ1) is 19.4. The Labute approximate surface area is 180 Å². The molecule has 1 saturated heterocycles. The van der Waals surface area contributed by atoms with Crippen LogP contribution in [-0.2, 0) is 17.0 Å². The minimum atomic E-state index is 0.227. The number of ether oxygens (including phenoxy) is 1. The summed E-state index contributed by atoms with van der Waals surface area (Å²) < 4.78 is 8.20. The first-order chi connectivity index (χ1) is 14.7. The average Bonchev–Trinajstić information content (AvgIpc) is 3.49. The van der Waals surface area contributed by atoms with E-state index in [2.05, 4.69) is 70.0 Å². The number of aromatic nitrogens is 4. The minimum Gasteiger partial charge on any atom is -0.376 e. The summed E-state index contributed by atoms with van der Waals surface area (Å²) in [4.78, 5) is 3.37. The van der Waals surface area contributed by atoms with Gasteiger partial charge in [0.15, 0.2) is 11.0 Å². The summed E-state index contributed by atoms with van der Waals surface area (Å²) in [6.07, 6.45) is 4.48. The molecule has 0 aliphatic carbocycles. The summed E-state index contributed by atoms with van der Waals surface area (Å²) in [5, 5.41) is 11.3. The maximum absolute atomic E-state index is 5.95. The van der Waals surface area contributed by atoms with Crippen molar-refractivity contribution in [3.05, 3.63) is 65.4 Å². The molecule has 154 valence electrons. The van der Waals surface area contributed by atoms with Gasteiger partial charge < -0.3 is 9.72 Å². The third-order valence-corrected chi connectivity index (χ3v) is 6.83. The number of aromatic amines is 1. The number of thioether (sulfide) groups is 1. The zero-order chi connectivity index (χ0) is 20.5. The van der Waals surface area contributed by atoms with Crippen molar-refractivity contribution >= 4 is 22.7 Å². The van der Waals surface area contributed by atoms with Crippen LogP contribution in [0.1, 0.15) is 29.5 Å². The molecule has 0 bridgehead atoms. The lowest BCUT2D eigenvalue weighted by molar-refractivity contribution is 0.0953. The molecule has 0 spiro atoms. The topological polar surface area (TPSA) is 55.7 Å². The summed E-state index contributed by atoms with van der Waals surface area (Å²) in [6, 6.07) is 15.0. The van der Waals surface area contributed by atoms with Crippen LogP contribution in [0.4, 0.5) is 0 Å². The molecular weight excluding hydrogens is 392 g/mol. The van der Waals surface area contributed by atoms with Crippen molar-refractivity contribution in [2.24, 2.45) is 0 Å². The number of hydrogen-bond acceptors (Lipinski definition) is 4. The van der Waals surface area contributed by atoms with Crippen LogP contribution in [-0.4, -0.2) is 32.5 Å². The minimum absolute atomic E-state index is 0.227. The Morgan fingerprint density at radius 2 is 2.07 bits per heavy atom. The van der Waals surface area contributed by atoms with Crippen molar-refractivity contribution in [3.63, 3.8) is 0 Å². The average molecular weight is 419 g/mol. The largest absolute Gasteiger partial charge is 0.376 e. The van der Waals surface area contributed by atoms with Crippen LogP contribution in [0.15, 0.2) is 53.8 Å². The Hall–Kier alpha value is -2.57. The quantitative estimate of drug-likeness (QED) is 0.419. The number of nitrogens with zero attached hydrogens (tertiary/aromatic N) is 3. The molecule has 1 fully saturated rings. The van der Waals surface area contributed by atoms with Gasteiger partial charge >= 0.3 is 0 Å². The van der Waals surface area contributed by atoms with E-state index in [1.165, 1.54) is 22.1 Å². The number of hydrogen-bond donors (Lipinski definition) is 1. The molecule has 1 unspecified atom stereocenters. The van der Waals surface area contributed by atoms with E-state index in [0.717, 1.165) is 53.8 Å². The molecule has 0 amide bonds. The van der Waals surface area contributed by atoms with Crippen molar-refractivity contribution in [2.45, 2.75) is 50.2 Å². The van der Waals surface area contributed by atoms with E-state index in [1.807, 2.05) is 12.3 Å². The number of nitrogens with one attached hydrogen (secondary N) is 1. The van der Waals surface area contributed by atoms with Crippen LogP contribution in [0, 0.1) is 13.8 Å². The Kier molecular flexibility index (Phi) is 5.35. The van der Waals surface area contributed by atoms with Crippen LogP contribution < -0.4 is 0 Å². The number of H-pyrrole nitrogens is 1. The van der Waals surface area contributed by atoms with E-state index in [9.17, 15) is 0 Å². The van der Waals surface area contributed by atoms with Crippen LogP contribution in [0.5, 0.6) is 0 Å². The van der Waals surface area contributed by atoms with Gasteiger partial charge in [-0.25, -0.2) is 0 Å². The molecule has 2 aromatic carbocycles. The second-order valence-corrected chi connectivity index (χ2v) is 8.96. The Bertz CT molecular complexity index is 1170. The molecule has 5 nitrogen and oxygen atoms in total. The molecule has 4 aromatic rings. The first-order valence-corrected chi connectivity index (χ1v) is 11.5. The smallest absolute Gasteiger partial charge is 0.191 e. The van der Waals surface area contributed by atoms with Gasteiger partial charge in [0.05, 0.1) is 12.6 Å². The molecular formula is C24H26N4OS. The van der Waals surface area contributed by atoms with Crippen molar-refractivity contribution in [3.8, 4) is 11.4 Å². The van der Waals surface area contributed by atoms with Gasteiger partial charge in [0.2, 0.25) is 0 Å². The second kappa shape index (κ2) is 8.28. The number of aryl methyl sites for hydroxylation is 2. The Morgan fingerprint density at radius 3 is 2.93 bits per heavy atom. The third kappa shape index (κ3) is 3.77. The molecule has 0 saturated carbocycles. The molecule has 6 heteroatoms. The highest BCUT2D eigenvalue weighted by atomic mass is 32.2. The van der Waals surface area contributed by atoms with Crippen molar-refractivity contribution < 1.29 is 4.74 Å². The van der Waals surface area contributed by atoms with Gasteiger partial charge in [-0.2, -0.15) is 0 Å². The van der Waals surface area contributed by atoms with E-state index >= 15 is 0 Å². The van der Waals surface area contributed by atoms with E-state index < -0.39 is 0 Å². The molecule has 1 aliphatic rings.